The Hall–Kier alpha value is -2.56. The van der Waals surface area contributed by atoms with Crippen LogP contribution in [-0.2, 0) is 4.79 Å². The minimum atomic E-state index is -0.251. The summed E-state index contributed by atoms with van der Waals surface area (Å²) >= 11 is 0. The second-order valence-corrected chi connectivity index (χ2v) is 7.63. The van der Waals surface area contributed by atoms with Crippen molar-refractivity contribution in [2.75, 3.05) is 13.2 Å². The van der Waals surface area contributed by atoms with Crippen LogP contribution >= 0.6 is 0 Å². The van der Waals surface area contributed by atoms with Crippen LogP contribution < -0.4 is 14.8 Å². The number of hydrogen-bond acceptors (Lipinski definition) is 3. The molecule has 1 N–H and O–H groups in total. The number of benzene rings is 2. The normalized spacial score (nSPS) is 21.6. The molecule has 27 heavy (non-hydrogen) atoms. The van der Waals surface area contributed by atoms with Crippen molar-refractivity contribution >= 4 is 5.91 Å². The highest BCUT2D eigenvalue weighted by Crippen LogP contribution is 2.48. The van der Waals surface area contributed by atoms with Gasteiger partial charge in [-0.3, -0.25) is 4.79 Å². The van der Waals surface area contributed by atoms with Crippen molar-refractivity contribution in [3.05, 3.63) is 59.4 Å². The number of ether oxygens (including phenoxy) is 2. The third-order valence-electron chi connectivity index (χ3n) is 5.32. The van der Waals surface area contributed by atoms with Gasteiger partial charge in [0.25, 0.3) is 0 Å². The number of nitrogens with one attached hydrogen (secondary N) is 1. The summed E-state index contributed by atoms with van der Waals surface area (Å²) in [7, 11) is 0. The van der Waals surface area contributed by atoms with E-state index >= 15 is 0 Å². The Balaban J connectivity index is 1.46. The van der Waals surface area contributed by atoms with E-state index in [1.54, 1.807) is 12.1 Å². The van der Waals surface area contributed by atoms with E-state index in [1.165, 1.54) is 12.1 Å². The summed E-state index contributed by atoms with van der Waals surface area (Å²) in [5.41, 5.74) is 2.04. The third kappa shape index (κ3) is 3.77. The van der Waals surface area contributed by atoms with Crippen LogP contribution in [0, 0.1) is 17.7 Å². The number of rotatable bonds is 5. The van der Waals surface area contributed by atoms with E-state index in [0.717, 1.165) is 29.0 Å². The van der Waals surface area contributed by atoms with E-state index in [9.17, 15) is 9.18 Å². The maximum atomic E-state index is 13.1. The smallest absolute Gasteiger partial charge is 0.224 e. The number of fused-ring (bicyclic) bond motifs is 1. The molecule has 1 aliphatic heterocycles. The lowest BCUT2D eigenvalue weighted by Crippen LogP contribution is -2.33. The fraction of sp³-hybridized carbons (Fsp3) is 0.409. The van der Waals surface area contributed by atoms with E-state index in [-0.39, 0.29) is 35.5 Å². The molecule has 1 heterocycles. The number of hydrogen-bond donors (Lipinski definition) is 1. The molecule has 5 heteroatoms. The second kappa shape index (κ2) is 7.22. The maximum Gasteiger partial charge on any atom is 0.224 e. The van der Waals surface area contributed by atoms with Gasteiger partial charge in [-0.15, -0.1) is 0 Å². The first-order valence-electron chi connectivity index (χ1n) is 9.48. The number of amides is 1. The van der Waals surface area contributed by atoms with Crippen molar-refractivity contribution in [3.63, 3.8) is 0 Å². The van der Waals surface area contributed by atoms with Crippen LogP contribution in [0.5, 0.6) is 11.5 Å². The average Bonchev–Trinajstić information content (AvgIpc) is 3.47. The fourth-order valence-corrected chi connectivity index (χ4v) is 3.71. The van der Waals surface area contributed by atoms with Crippen molar-refractivity contribution in [1.29, 1.82) is 0 Å². The minimum Gasteiger partial charge on any atom is -0.486 e. The lowest BCUT2D eigenvalue weighted by molar-refractivity contribution is -0.123. The van der Waals surface area contributed by atoms with E-state index in [2.05, 4.69) is 19.2 Å². The summed E-state index contributed by atoms with van der Waals surface area (Å²) in [6.07, 6.45) is 0.809. The van der Waals surface area contributed by atoms with Crippen molar-refractivity contribution in [2.45, 2.75) is 32.2 Å². The molecule has 2 aliphatic rings. The Labute approximate surface area is 158 Å². The minimum absolute atomic E-state index is 0.0473. The van der Waals surface area contributed by atoms with Gasteiger partial charge in [-0.05, 0) is 53.6 Å². The van der Waals surface area contributed by atoms with Crippen molar-refractivity contribution in [3.8, 4) is 11.5 Å². The molecule has 3 unspecified atom stereocenters. The monoisotopic (exact) mass is 369 g/mol. The zero-order valence-electron chi connectivity index (χ0n) is 15.6. The Bertz CT molecular complexity index is 834. The molecule has 4 nitrogen and oxygen atoms in total. The Kier molecular flexibility index (Phi) is 4.77. The zero-order chi connectivity index (χ0) is 19.0. The van der Waals surface area contributed by atoms with Gasteiger partial charge in [0.2, 0.25) is 5.91 Å². The van der Waals surface area contributed by atoms with Gasteiger partial charge in [-0.1, -0.05) is 32.0 Å². The number of carbonyl (C=O) groups excluding carboxylic acids is 1. The summed E-state index contributed by atoms with van der Waals surface area (Å²) in [4.78, 5) is 12.8. The van der Waals surface area contributed by atoms with Gasteiger partial charge in [0.1, 0.15) is 19.0 Å². The molecule has 1 aliphatic carbocycles. The first-order valence-corrected chi connectivity index (χ1v) is 9.48. The van der Waals surface area contributed by atoms with E-state index < -0.39 is 0 Å². The van der Waals surface area contributed by atoms with Crippen LogP contribution in [0.1, 0.15) is 43.4 Å². The van der Waals surface area contributed by atoms with Gasteiger partial charge in [-0.25, -0.2) is 4.39 Å². The largest absolute Gasteiger partial charge is 0.486 e. The predicted molar refractivity (Wildman–Crippen MR) is 100 cm³/mol. The van der Waals surface area contributed by atoms with E-state index in [1.807, 2.05) is 18.2 Å². The number of carbonyl (C=O) groups is 1. The van der Waals surface area contributed by atoms with Crippen LogP contribution in [-0.4, -0.2) is 19.1 Å². The van der Waals surface area contributed by atoms with Crippen LogP contribution in [0.2, 0.25) is 0 Å². The highest BCUT2D eigenvalue weighted by Gasteiger charge is 2.44. The van der Waals surface area contributed by atoms with Gasteiger partial charge in [0.15, 0.2) is 11.5 Å². The molecule has 1 amide bonds. The maximum absolute atomic E-state index is 13.1. The Morgan fingerprint density at radius 2 is 1.78 bits per heavy atom. The number of halogens is 1. The average molecular weight is 369 g/mol. The van der Waals surface area contributed by atoms with Crippen LogP contribution in [0.25, 0.3) is 0 Å². The molecule has 0 saturated heterocycles. The highest BCUT2D eigenvalue weighted by molar-refractivity contribution is 5.83. The quantitative estimate of drug-likeness (QED) is 0.859. The first-order chi connectivity index (χ1) is 13.0. The van der Waals surface area contributed by atoms with Gasteiger partial charge < -0.3 is 14.8 Å². The molecule has 2 aromatic carbocycles. The van der Waals surface area contributed by atoms with Crippen molar-refractivity contribution in [2.24, 2.45) is 11.8 Å². The topological polar surface area (TPSA) is 47.6 Å². The summed E-state index contributed by atoms with van der Waals surface area (Å²) in [5, 5.41) is 3.20. The lowest BCUT2D eigenvalue weighted by Gasteiger charge is -2.25. The van der Waals surface area contributed by atoms with Crippen molar-refractivity contribution < 1.29 is 18.7 Å². The Morgan fingerprint density at radius 1 is 1.07 bits per heavy atom. The molecule has 0 aromatic heterocycles. The Morgan fingerprint density at radius 3 is 2.48 bits per heavy atom. The standard InChI is InChI=1S/C22H24FNO3/c1-13(2)21(15-5-8-19-20(11-15)27-10-9-26-19)24-22(25)18-12-17(18)14-3-6-16(23)7-4-14/h3-8,11,13,17-18,21H,9-10,12H2,1-2H3,(H,24,25). The molecule has 2 aromatic rings. The molecule has 142 valence electrons. The predicted octanol–water partition coefficient (Wildman–Crippen LogP) is 4.21. The molecule has 0 spiro atoms. The third-order valence-corrected chi connectivity index (χ3v) is 5.32. The SMILES string of the molecule is CC(C)C(NC(=O)C1CC1c1ccc(F)cc1)c1ccc2c(c1)OCCO2. The molecular weight excluding hydrogens is 345 g/mol. The summed E-state index contributed by atoms with van der Waals surface area (Å²) in [6, 6.07) is 12.2. The van der Waals surface area contributed by atoms with Gasteiger partial charge in [-0.2, -0.15) is 0 Å². The van der Waals surface area contributed by atoms with Crippen LogP contribution in [0.15, 0.2) is 42.5 Å². The first kappa shape index (κ1) is 17.8. The molecule has 1 fully saturated rings. The molecular formula is C22H24FNO3. The molecule has 0 bridgehead atoms. The highest BCUT2D eigenvalue weighted by atomic mass is 19.1. The van der Waals surface area contributed by atoms with Gasteiger partial charge in [0, 0.05) is 5.92 Å². The zero-order valence-corrected chi connectivity index (χ0v) is 15.6. The lowest BCUT2D eigenvalue weighted by atomic mass is 9.95. The summed E-state index contributed by atoms with van der Waals surface area (Å²) in [6.45, 7) is 5.28. The van der Waals surface area contributed by atoms with E-state index in [4.69, 9.17) is 9.47 Å². The van der Waals surface area contributed by atoms with Crippen molar-refractivity contribution in [1.82, 2.24) is 5.32 Å². The van der Waals surface area contributed by atoms with Gasteiger partial charge in [0.05, 0.1) is 6.04 Å². The van der Waals surface area contributed by atoms with Gasteiger partial charge >= 0.3 is 0 Å². The molecule has 0 radical (unpaired) electrons. The molecule has 3 atom stereocenters. The molecule has 4 rings (SSSR count). The van der Waals surface area contributed by atoms with Crippen LogP contribution in [0.3, 0.4) is 0 Å². The van der Waals surface area contributed by atoms with Crippen LogP contribution in [0.4, 0.5) is 4.39 Å². The fourth-order valence-electron chi connectivity index (χ4n) is 3.71. The molecule has 1 saturated carbocycles. The summed E-state index contributed by atoms with van der Waals surface area (Å²) in [5.74, 6) is 1.65. The second-order valence-electron chi connectivity index (χ2n) is 7.63. The summed E-state index contributed by atoms with van der Waals surface area (Å²) < 4.78 is 24.4. The van der Waals surface area contributed by atoms with E-state index in [0.29, 0.717) is 13.2 Å².